The summed E-state index contributed by atoms with van der Waals surface area (Å²) in [6.07, 6.45) is 0.809. The number of hydrogen-bond acceptors (Lipinski definition) is 1. The van der Waals surface area contributed by atoms with Gasteiger partial charge < -0.3 is 4.90 Å². The zero-order valence-corrected chi connectivity index (χ0v) is 7.45. The highest BCUT2D eigenvalue weighted by Gasteiger charge is 2.33. The molecule has 3 heteroatoms. The van der Waals surface area contributed by atoms with Crippen molar-refractivity contribution >= 4 is 0 Å². The second kappa shape index (κ2) is 3.42. The number of likely N-dealkylation sites (tertiary alicyclic amines) is 1. The molecule has 0 radical (unpaired) electrons. The maximum Gasteiger partial charge on any atom is 0.251 e. The van der Waals surface area contributed by atoms with E-state index in [0.29, 0.717) is 13.1 Å². The van der Waals surface area contributed by atoms with Crippen LogP contribution in [-0.4, -0.2) is 23.9 Å². The fraction of sp³-hybridized carbons (Fsp3) is 0.778. The summed E-state index contributed by atoms with van der Waals surface area (Å²) in [6.45, 7) is 6.74. The van der Waals surface area contributed by atoms with Crippen molar-refractivity contribution in [1.82, 2.24) is 4.90 Å². The predicted octanol–water partition coefficient (Wildman–Crippen LogP) is 2.64. The molecule has 0 aliphatic carbocycles. The van der Waals surface area contributed by atoms with Gasteiger partial charge in [-0.05, 0) is 6.42 Å². The van der Waals surface area contributed by atoms with Gasteiger partial charge in [-0.25, -0.2) is 8.78 Å². The van der Waals surface area contributed by atoms with Gasteiger partial charge in [-0.2, -0.15) is 0 Å². The quantitative estimate of drug-likeness (QED) is 0.623. The minimum absolute atomic E-state index is 0.0218. The van der Waals surface area contributed by atoms with Crippen molar-refractivity contribution in [2.24, 2.45) is 0 Å². The molecule has 0 aromatic rings. The Hall–Kier alpha value is -0.600. The van der Waals surface area contributed by atoms with Crippen LogP contribution in [0, 0.1) is 0 Å². The largest absolute Gasteiger partial charge is 0.375 e. The van der Waals surface area contributed by atoms with Crippen LogP contribution >= 0.6 is 0 Å². The van der Waals surface area contributed by atoms with Gasteiger partial charge in [-0.15, -0.1) is 0 Å². The van der Waals surface area contributed by atoms with Crippen LogP contribution < -0.4 is 0 Å². The third-order valence-corrected chi connectivity index (χ3v) is 2.35. The lowest BCUT2D eigenvalue weighted by Crippen LogP contribution is -2.38. The standard InChI is InChI=1S/C9H15F2N/c1-3-8(2)12-6-4-9(10,11)5-7-12/h2-7H2,1H3. The number of halogens is 2. The van der Waals surface area contributed by atoms with Gasteiger partial charge in [0.25, 0.3) is 5.92 Å². The molecule has 1 nitrogen and oxygen atoms in total. The molecule has 0 aromatic carbocycles. The summed E-state index contributed by atoms with van der Waals surface area (Å²) in [5.41, 5.74) is 0.977. The first-order chi connectivity index (χ1) is 5.55. The van der Waals surface area contributed by atoms with E-state index in [1.54, 1.807) is 0 Å². The normalized spacial score (nSPS) is 22.4. The van der Waals surface area contributed by atoms with Gasteiger partial charge in [0.2, 0.25) is 0 Å². The van der Waals surface area contributed by atoms with Crippen LogP contribution in [0.2, 0.25) is 0 Å². The lowest BCUT2D eigenvalue weighted by Gasteiger charge is -2.34. The van der Waals surface area contributed by atoms with Crippen LogP contribution in [0.4, 0.5) is 8.78 Å². The number of allylic oxidation sites excluding steroid dienone is 1. The molecule has 12 heavy (non-hydrogen) atoms. The van der Waals surface area contributed by atoms with E-state index in [-0.39, 0.29) is 12.8 Å². The first-order valence-electron chi connectivity index (χ1n) is 4.36. The van der Waals surface area contributed by atoms with Crippen molar-refractivity contribution in [1.29, 1.82) is 0 Å². The Morgan fingerprint density at radius 2 is 1.92 bits per heavy atom. The molecule has 1 aliphatic heterocycles. The molecule has 1 fully saturated rings. The molecule has 0 spiro atoms. The fourth-order valence-corrected chi connectivity index (χ4v) is 1.37. The average molecular weight is 175 g/mol. The van der Waals surface area contributed by atoms with E-state index in [0.717, 1.165) is 12.1 Å². The number of hydrogen-bond donors (Lipinski definition) is 0. The lowest BCUT2D eigenvalue weighted by molar-refractivity contribution is -0.0492. The maximum atomic E-state index is 12.7. The first-order valence-corrected chi connectivity index (χ1v) is 4.36. The van der Waals surface area contributed by atoms with E-state index in [4.69, 9.17) is 0 Å². The summed E-state index contributed by atoms with van der Waals surface area (Å²) in [5.74, 6) is -2.44. The van der Waals surface area contributed by atoms with Gasteiger partial charge in [-0.1, -0.05) is 13.5 Å². The second-order valence-corrected chi connectivity index (χ2v) is 3.26. The van der Waals surface area contributed by atoms with E-state index in [1.807, 2.05) is 11.8 Å². The van der Waals surface area contributed by atoms with E-state index in [1.165, 1.54) is 0 Å². The minimum atomic E-state index is -2.44. The lowest BCUT2D eigenvalue weighted by atomic mass is 10.1. The fourth-order valence-electron chi connectivity index (χ4n) is 1.37. The molecule has 0 aromatic heterocycles. The second-order valence-electron chi connectivity index (χ2n) is 3.26. The molecule has 0 bridgehead atoms. The molecule has 1 rings (SSSR count). The predicted molar refractivity (Wildman–Crippen MR) is 45.2 cm³/mol. The van der Waals surface area contributed by atoms with Crippen LogP contribution in [0.25, 0.3) is 0 Å². The Bertz CT molecular complexity index is 167. The van der Waals surface area contributed by atoms with Gasteiger partial charge in [0, 0.05) is 31.6 Å². The monoisotopic (exact) mass is 175 g/mol. The average Bonchev–Trinajstić information content (AvgIpc) is 2.03. The zero-order chi connectivity index (χ0) is 9.19. The highest BCUT2D eigenvalue weighted by atomic mass is 19.3. The highest BCUT2D eigenvalue weighted by molar-refractivity contribution is 4.95. The molecule has 0 N–H and O–H groups in total. The third-order valence-electron chi connectivity index (χ3n) is 2.35. The Morgan fingerprint density at radius 3 is 2.33 bits per heavy atom. The van der Waals surface area contributed by atoms with Crippen molar-refractivity contribution in [2.45, 2.75) is 32.1 Å². The summed E-state index contributed by atoms with van der Waals surface area (Å²) in [5, 5.41) is 0. The minimum Gasteiger partial charge on any atom is -0.375 e. The Kier molecular flexibility index (Phi) is 2.70. The summed E-state index contributed by atoms with van der Waals surface area (Å²) in [6, 6.07) is 0. The summed E-state index contributed by atoms with van der Waals surface area (Å²) in [4.78, 5) is 1.96. The van der Waals surface area contributed by atoms with Crippen molar-refractivity contribution in [2.75, 3.05) is 13.1 Å². The number of piperidine rings is 1. The van der Waals surface area contributed by atoms with Crippen LogP contribution in [0.3, 0.4) is 0 Å². The highest BCUT2D eigenvalue weighted by Crippen LogP contribution is 2.29. The van der Waals surface area contributed by atoms with Gasteiger partial charge >= 0.3 is 0 Å². The number of rotatable bonds is 2. The van der Waals surface area contributed by atoms with E-state index < -0.39 is 5.92 Å². The number of alkyl halides is 2. The van der Waals surface area contributed by atoms with Crippen molar-refractivity contribution in [3.05, 3.63) is 12.3 Å². The summed E-state index contributed by atoms with van der Waals surface area (Å²) in [7, 11) is 0. The van der Waals surface area contributed by atoms with E-state index >= 15 is 0 Å². The van der Waals surface area contributed by atoms with Crippen LogP contribution in [0.15, 0.2) is 12.3 Å². The van der Waals surface area contributed by atoms with Gasteiger partial charge in [-0.3, -0.25) is 0 Å². The van der Waals surface area contributed by atoms with Crippen molar-refractivity contribution < 1.29 is 8.78 Å². The third kappa shape index (κ3) is 2.19. The van der Waals surface area contributed by atoms with Crippen molar-refractivity contribution in [3.63, 3.8) is 0 Å². The Balaban J connectivity index is 2.41. The summed E-state index contributed by atoms with van der Waals surface area (Å²) < 4.78 is 25.4. The molecule has 1 saturated heterocycles. The Morgan fingerprint density at radius 1 is 1.42 bits per heavy atom. The van der Waals surface area contributed by atoms with Crippen molar-refractivity contribution in [3.8, 4) is 0 Å². The van der Waals surface area contributed by atoms with Gasteiger partial charge in [0.1, 0.15) is 0 Å². The Labute approximate surface area is 72.1 Å². The molecule has 70 valence electrons. The maximum absolute atomic E-state index is 12.7. The van der Waals surface area contributed by atoms with Crippen LogP contribution in [-0.2, 0) is 0 Å². The topological polar surface area (TPSA) is 3.24 Å². The van der Waals surface area contributed by atoms with E-state index in [9.17, 15) is 8.78 Å². The molecular weight excluding hydrogens is 160 g/mol. The van der Waals surface area contributed by atoms with Crippen LogP contribution in [0.1, 0.15) is 26.2 Å². The zero-order valence-electron chi connectivity index (χ0n) is 7.45. The molecule has 0 unspecified atom stereocenters. The molecule has 1 aliphatic rings. The van der Waals surface area contributed by atoms with Crippen LogP contribution in [0.5, 0.6) is 0 Å². The first kappa shape index (κ1) is 9.49. The molecule has 0 atom stereocenters. The molecule has 0 saturated carbocycles. The SMILES string of the molecule is C=C(CC)N1CCC(F)(F)CC1. The molecular formula is C9H15F2N. The van der Waals surface area contributed by atoms with E-state index in [2.05, 4.69) is 6.58 Å². The smallest absolute Gasteiger partial charge is 0.251 e. The molecule has 0 amide bonds. The molecule has 1 heterocycles. The summed E-state index contributed by atoms with van der Waals surface area (Å²) >= 11 is 0. The van der Waals surface area contributed by atoms with Gasteiger partial charge in [0.15, 0.2) is 0 Å². The number of nitrogens with zero attached hydrogens (tertiary/aromatic N) is 1. The van der Waals surface area contributed by atoms with Gasteiger partial charge in [0.05, 0.1) is 0 Å².